The maximum absolute atomic E-state index is 11.7. The van der Waals surface area contributed by atoms with Crippen molar-refractivity contribution in [1.29, 1.82) is 0 Å². The molecule has 0 radical (unpaired) electrons. The highest BCUT2D eigenvalue weighted by molar-refractivity contribution is 14.0. The number of hydrogen-bond donors (Lipinski definition) is 1. The molecule has 2 aromatic rings. The number of nitrogens with zero attached hydrogens (tertiary/aromatic N) is 6. The minimum absolute atomic E-state index is 0. The molecular weight excluding hydrogens is 509 g/mol. The molecule has 0 atom stereocenters. The number of amides is 1. The van der Waals surface area contributed by atoms with E-state index in [2.05, 4.69) is 30.1 Å². The lowest BCUT2D eigenvalue weighted by molar-refractivity contribution is -0.130. The van der Waals surface area contributed by atoms with Gasteiger partial charge in [0.15, 0.2) is 12.6 Å². The molecule has 0 aliphatic carbocycles. The van der Waals surface area contributed by atoms with Crippen LogP contribution >= 0.6 is 24.0 Å². The second-order valence-corrected chi connectivity index (χ2v) is 7.15. The van der Waals surface area contributed by atoms with Crippen molar-refractivity contribution < 1.29 is 9.53 Å². The van der Waals surface area contributed by atoms with Crippen LogP contribution in [0.3, 0.4) is 0 Å². The quantitative estimate of drug-likeness (QED) is 0.338. The van der Waals surface area contributed by atoms with Crippen LogP contribution in [0.15, 0.2) is 47.7 Å². The van der Waals surface area contributed by atoms with Gasteiger partial charge in [-0.15, -0.1) is 24.0 Å². The van der Waals surface area contributed by atoms with Gasteiger partial charge < -0.3 is 24.8 Å². The van der Waals surface area contributed by atoms with Crippen LogP contribution in [0.1, 0.15) is 5.56 Å². The molecule has 1 aliphatic heterocycles. The van der Waals surface area contributed by atoms with E-state index >= 15 is 0 Å². The number of likely N-dealkylation sites (N-methyl/N-ethyl adjacent to an activating group) is 1. The molecule has 168 valence electrons. The van der Waals surface area contributed by atoms with Crippen molar-refractivity contribution in [3.63, 3.8) is 0 Å². The van der Waals surface area contributed by atoms with E-state index in [4.69, 9.17) is 4.74 Å². The van der Waals surface area contributed by atoms with Gasteiger partial charge in [0.05, 0.1) is 0 Å². The van der Waals surface area contributed by atoms with Crippen molar-refractivity contribution in [1.82, 2.24) is 25.1 Å². The Morgan fingerprint density at radius 3 is 2.52 bits per heavy atom. The lowest BCUT2D eigenvalue weighted by Crippen LogP contribution is -2.52. The summed E-state index contributed by atoms with van der Waals surface area (Å²) in [6.45, 7) is 4.01. The molecule has 1 amide bonds. The van der Waals surface area contributed by atoms with E-state index in [1.165, 1.54) is 4.90 Å². The highest BCUT2D eigenvalue weighted by atomic mass is 127. The van der Waals surface area contributed by atoms with Gasteiger partial charge in [0.1, 0.15) is 5.75 Å². The number of carbonyl (C=O) groups excluding carboxylic acids is 1. The largest absolute Gasteiger partial charge is 0.484 e. The predicted octanol–water partition coefficient (Wildman–Crippen LogP) is 1.46. The van der Waals surface area contributed by atoms with Crippen LogP contribution in [0.4, 0.5) is 5.95 Å². The molecule has 0 saturated carbocycles. The minimum Gasteiger partial charge on any atom is -0.484 e. The lowest BCUT2D eigenvalue weighted by atomic mass is 10.2. The van der Waals surface area contributed by atoms with E-state index < -0.39 is 0 Å². The van der Waals surface area contributed by atoms with E-state index in [0.29, 0.717) is 12.3 Å². The van der Waals surface area contributed by atoms with Gasteiger partial charge in [-0.2, -0.15) is 0 Å². The summed E-state index contributed by atoms with van der Waals surface area (Å²) in [6, 6.07) is 9.56. The number of rotatable bonds is 6. The number of piperazine rings is 1. The molecule has 0 unspecified atom stereocenters. The van der Waals surface area contributed by atoms with Gasteiger partial charge in [0.2, 0.25) is 5.95 Å². The summed E-state index contributed by atoms with van der Waals surface area (Å²) in [6.07, 6.45) is 3.53. The normalized spacial score (nSPS) is 14.0. The van der Waals surface area contributed by atoms with Crippen molar-refractivity contribution in [2.75, 3.05) is 58.8 Å². The van der Waals surface area contributed by atoms with Crippen LogP contribution in [0.25, 0.3) is 0 Å². The van der Waals surface area contributed by atoms with Gasteiger partial charge in [-0.25, -0.2) is 9.97 Å². The topological polar surface area (TPSA) is 86.2 Å². The highest BCUT2D eigenvalue weighted by Crippen LogP contribution is 2.14. The van der Waals surface area contributed by atoms with Gasteiger partial charge in [0, 0.05) is 66.3 Å². The first-order valence-corrected chi connectivity index (χ1v) is 9.96. The first kappa shape index (κ1) is 24.6. The first-order chi connectivity index (χ1) is 14.6. The molecule has 2 heterocycles. The summed E-state index contributed by atoms with van der Waals surface area (Å²) >= 11 is 0. The van der Waals surface area contributed by atoms with E-state index in [1.54, 1.807) is 33.5 Å². The molecule has 9 nitrogen and oxygen atoms in total. The number of aromatic nitrogens is 2. The second-order valence-electron chi connectivity index (χ2n) is 7.15. The third kappa shape index (κ3) is 7.23. The minimum atomic E-state index is -0.0704. The maximum Gasteiger partial charge on any atom is 0.259 e. The van der Waals surface area contributed by atoms with Gasteiger partial charge in [0.25, 0.3) is 5.91 Å². The summed E-state index contributed by atoms with van der Waals surface area (Å²) in [5.41, 5.74) is 1.06. The standard InChI is InChI=1S/C21H29N7O2.HI/c1-22-20(27-10-12-28(13-11-27)21-23-8-5-9-24-21)25-15-17-6-4-7-18(14-17)30-16-19(29)26(2)3;/h4-9,14H,10-13,15-16H2,1-3H3,(H,22,25);1H. The molecule has 1 saturated heterocycles. The third-order valence-electron chi connectivity index (χ3n) is 4.84. The monoisotopic (exact) mass is 539 g/mol. The molecular formula is C21H30IN7O2. The van der Waals surface area contributed by atoms with Gasteiger partial charge in [-0.05, 0) is 23.8 Å². The SMILES string of the molecule is CN=C(NCc1cccc(OCC(=O)N(C)C)c1)N1CCN(c2ncccn2)CC1.I. The zero-order valence-electron chi connectivity index (χ0n) is 18.2. The Kier molecular flexibility index (Phi) is 9.76. The number of benzene rings is 1. The summed E-state index contributed by atoms with van der Waals surface area (Å²) in [4.78, 5) is 30.7. The Bertz CT molecular complexity index is 856. The Balaban J connectivity index is 0.00000341. The lowest BCUT2D eigenvalue weighted by Gasteiger charge is -2.36. The molecule has 1 fully saturated rings. The van der Waals surface area contributed by atoms with Crippen molar-refractivity contribution in [2.24, 2.45) is 4.99 Å². The van der Waals surface area contributed by atoms with Crippen LogP contribution in [0, 0.1) is 0 Å². The fraction of sp³-hybridized carbons (Fsp3) is 0.429. The van der Waals surface area contributed by atoms with E-state index in [0.717, 1.165) is 43.7 Å². The van der Waals surface area contributed by atoms with Crippen molar-refractivity contribution in [2.45, 2.75) is 6.54 Å². The molecule has 31 heavy (non-hydrogen) atoms. The van der Waals surface area contributed by atoms with E-state index in [1.807, 2.05) is 30.3 Å². The molecule has 1 N–H and O–H groups in total. The number of hydrogen-bond acceptors (Lipinski definition) is 6. The fourth-order valence-electron chi connectivity index (χ4n) is 3.11. The molecule has 1 aromatic carbocycles. The van der Waals surface area contributed by atoms with Crippen LogP contribution in [0.5, 0.6) is 5.75 Å². The summed E-state index contributed by atoms with van der Waals surface area (Å²) < 4.78 is 5.60. The zero-order chi connectivity index (χ0) is 21.3. The van der Waals surface area contributed by atoms with Gasteiger partial charge in [-0.3, -0.25) is 9.79 Å². The number of anilines is 1. The Morgan fingerprint density at radius 1 is 1.16 bits per heavy atom. The average molecular weight is 539 g/mol. The van der Waals surface area contributed by atoms with Crippen molar-refractivity contribution in [3.8, 4) is 5.75 Å². The molecule has 3 rings (SSSR count). The number of nitrogens with one attached hydrogen (secondary N) is 1. The smallest absolute Gasteiger partial charge is 0.259 e. The molecule has 1 aromatic heterocycles. The molecule has 10 heteroatoms. The fourth-order valence-corrected chi connectivity index (χ4v) is 3.11. The number of carbonyl (C=O) groups is 1. The Morgan fingerprint density at radius 2 is 1.87 bits per heavy atom. The second kappa shape index (κ2) is 12.3. The first-order valence-electron chi connectivity index (χ1n) is 9.96. The molecule has 1 aliphatic rings. The zero-order valence-corrected chi connectivity index (χ0v) is 20.5. The van der Waals surface area contributed by atoms with Crippen LogP contribution in [-0.4, -0.2) is 85.6 Å². The third-order valence-corrected chi connectivity index (χ3v) is 4.84. The predicted molar refractivity (Wildman–Crippen MR) is 132 cm³/mol. The van der Waals surface area contributed by atoms with Gasteiger partial charge >= 0.3 is 0 Å². The van der Waals surface area contributed by atoms with Crippen molar-refractivity contribution >= 4 is 41.8 Å². The molecule has 0 bridgehead atoms. The van der Waals surface area contributed by atoms with E-state index in [-0.39, 0.29) is 36.5 Å². The van der Waals surface area contributed by atoms with Crippen molar-refractivity contribution in [3.05, 3.63) is 48.3 Å². The van der Waals surface area contributed by atoms with Crippen LogP contribution in [0.2, 0.25) is 0 Å². The highest BCUT2D eigenvalue weighted by Gasteiger charge is 2.21. The summed E-state index contributed by atoms with van der Waals surface area (Å²) in [5.74, 6) is 2.23. The Labute approximate surface area is 200 Å². The summed E-state index contributed by atoms with van der Waals surface area (Å²) in [7, 11) is 5.22. The summed E-state index contributed by atoms with van der Waals surface area (Å²) in [5, 5.41) is 3.42. The van der Waals surface area contributed by atoms with Crippen LogP contribution in [-0.2, 0) is 11.3 Å². The number of guanidine groups is 1. The van der Waals surface area contributed by atoms with E-state index in [9.17, 15) is 4.79 Å². The Hall–Kier alpha value is -2.63. The average Bonchev–Trinajstić information content (AvgIpc) is 2.79. The van der Waals surface area contributed by atoms with Gasteiger partial charge in [-0.1, -0.05) is 12.1 Å². The molecule has 0 spiro atoms. The number of halogens is 1. The van der Waals surface area contributed by atoms with Crippen LogP contribution < -0.4 is 15.0 Å². The number of ether oxygens (including phenoxy) is 1. The number of aliphatic imine (C=N–C) groups is 1. The maximum atomic E-state index is 11.7.